The fourth-order valence-corrected chi connectivity index (χ4v) is 5.31. The second-order valence-corrected chi connectivity index (χ2v) is 8.84. The van der Waals surface area contributed by atoms with Crippen LogP contribution in [0.25, 0.3) is 0 Å². The maximum absolute atomic E-state index is 13.3. The van der Waals surface area contributed by atoms with E-state index in [0.29, 0.717) is 50.7 Å². The Bertz CT molecular complexity index is 933. The van der Waals surface area contributed by atoms with Crippen LogP contribution in [0.4, 0.5) is 0 Å². The van der Waals surface area contributed by atoms with Gasteiger partial charge < -0.3 is 19.1 Å². The van der Waals surface area contributed by atoms with Gasteiger partial charge in [0.25, 0.3) is 0 Å². The van der Waals surface area contributed by atoms with Crippen LogP contribution in [-0.2, 0) is 14.3 Å². The Balaban J connectivity index is 1.86. The lowest BCUT2D eigenvalue weighted by molar-refractivity contribution is -0.117. The third-order valence-corrected chi connectivity index (χ3v) is 6.67. The van der Waals surface area contributed by atoms with Crippen LogP contribution in [0.15, 0.2) is 40.7 Å². The molecule has 0 N–H and O–H groups in total. The van der Waals surface area contributed by atoms with Crippen molar-refractivity contribution >= 4 is 11.6 Å². The Labute approximate surface area is 196 Å². The van der Waals surface area contributed by atoms with Gasteiger partial charge in [0.05, 0.1) is 19.8 Å². The molecule has 1 aromatic carbocycles. The molecule has 178 valence electrons. The summed E-state index contributed by atoms with van der Waals surface area (Å²) < 4.78 is 17.2. The van der Waals surface area contributed by atoms with Gasteiger partial charge in [0.1, 0.15) is 0 Å². The molecule has 1 aliphatic heterocycles. The molecule has 0 fully saturated rings. The summed E-state index contributed by atoms with van der Waals surface area (Å²) in [7, 11) is 1.69. The molecular formula is C27H35NO5. The molecule has 0 saturated carbocycles. The first kappa shape index (κ1) is 23.6. The first-order valence-electron chi connectivity index (χ1n) is 12.3. The van der Waals surface area contributed by atoms with E-state index >= 15 is 0 Å². The van der Waals surface area contributed by atoms with Crippen LogP contribution < -0.4 is 9.47 Å². The molecular weight excluding hydrogens is 418 g/mol. The van der Waals surface area contributed by atoms with Crippen molar-refractivity contribution in [1.82, 2.24) is 4.90 Å². The molecule has 0 saturated heterocycles. The zero-order chi connectivity index (χ0) is 23.4. The molecule has 33 heavy (non-hydrogen) atoms. The summed E-state index contributed by atoms with van der Waals surface area (Å²) in [4.78, 5) is 28.9. The molecule has 2 aliphatic carbocycles. The van der Waals surface area contributed by atoms with Gasteiger partial charge in [-0.1, -0.05) is 13.0 Å². The Morgan fingerprint density at radius 3 is 2.12 bits per heavy atom. The standard InChI is InChI=1S/C27H35NO5/c1-4-15-33-23-13-12-18(17-24(23)32-5-2)25-26-19(8-6-10-21(26)29)28(14-16-31-3)20-9-7-11-22(30)27(20)25/h12-13,17,25H,4-11,14-16H2,1-3H3. The number of benzene rings is 1. The van der Waals surface area contributed by atoms with Crippen LogP contribution in [-0.4, -0.2) is 49.9 Å². The zero-order valence-corrected chi connectivity index (χ0v) is 20.1. The van der Waals surface area contributed by atoms with Gasteiger partial charge in [-0.2, -0.15) is 0 Å². The predicted molar refractivity (Wildman–Crippen MR) is 126 cm³/mol. The second kappa shape index (κ2) is 10.6. The van der Waals surface area contributed by atoms with Gasteiger partial charge >= 0.3 is 0 Å². The van der Waals surface area contributed by atoms with Crippen LogP contribution in [0.2, 0.25) is 0 Å². The van der Waals surface area contributed by atoms with Crippen LogP contribution in [0.1, 0.15) is 70.3 Å². The first-order valence-corrected chi connectivity index (χ1v) is 12.3. The minimum Gasteiger partial charge on any atom is -0.490 e. The molecule has 0 aromatic heterocycles. The van der Waals surface area contributed by atoms with Gasteiger partial charge in [0.15, 0.2) is 23.1 Å². The van der Waals surface area contributed by atoms with Gasteiger partial charge in [0.2, 0.25) is 0 Å². The molecule has 4 rings (SSSR count). The van der Waals surface area contributed by atoms with Crippen molar-refractivity contribution in [2.45, 2.75) is 64.7 Å². The van der Waals surface area contributed by atoms with Crippen LogP contribution >= 0.6 is 0 Å². The average molecular weight is 454 g/mol. The predicted octanol–water partition coefficient (Wildman–Crippen LogP) is 4.93. The van der Waals surface area contributed by atoms with Gasteiger partial charge in [-0.05, 0) is 56.7 Å². The number of allylic oxidation sites excluding steroid dienone is 4. The topological polar surface area (TPSA) is 65.1 Å². The summed E-state index contributed by atoms with van der Waals surface area (Å²) in [6.07, 6.45) is 5.35. The van der Waals surface area contributed by atoms with E-state index in [4.69, 9.17) is 14.2 Å². The number of nitrogens with zero attached hydrogens (tertiary/aromatic N) is 1. The smallest absolute Gasteiger partial charge is 0.161 e. The number of carbonyl (C=O) groups excluding carboxylic acids is 2. The summed E-state index contributed by atoms with van der Waals surface area (Å²) in [6, 6.07) is 5.90. The maximum atomic E-state index is 13.3. The van der Waals surface area contributed by atoms with Gasteiger partial charge in [-0.25, -0.2) is 0 Å². The van der Waals surface area contributed by atoms with E-state index < -0.39 is 0 Å². The highest BCUT2D eigenvalue weighted by molar-refractivity contribution is 6.06. The molecule has 1 aromatic rings. The van der Waals surface area contributed by atoms with Crippen molar-refractivity contribution in [3.05, 3.63) is 46.3 Å². The highest BCUT2D eigenvalue weighted by atomic mass is 16.5. The van der Waals surface area contributed by atoms with E-state index in [1.807, 2.05) is 25.1 Å². The van der Waals surface area contributed by atoms with Crippen molar-refractivity contribution in [2.75, 3.05) is 33.5 Å². The second-order valence-electron chi connectivity index (χ2n) is 8.84. The lowest BCUT2D eigenvalue weighted by Gasteiger charge is -2.44. The fraction of sp³-hybridized carbons (Fsp3) is 0.556. The Morgan fingerprint density at radius 2 is 1.55 bits per heavy atom. The van der Waals surface area contributed by atoms with Crippen molar-refractivity contribution in [3.8, 4) is 11.5 Å². The molecule has 3 aliphatic rings. The SMILES string of the molecule is CCCOc1ccc(C2C3=C(CCCC3=O)N(CCOC)C3=C2C(=O)CCC3)cc1OCC. The molecule has 1 heterocycles. The number of hydrogen-bond donors (Lipinski definition) is 0. The van der Waals surface area contributed by atoms with E-state index in [2.05, 4.69) is 11.8 Å². The third-order valence-electron chi connectivity index (χ3n) is 6.67. The van der Waals surface area contributed by atoms with E-state index in [9.17, 15) is 9.59 Å². The summed E-state index contributed by atoms with van der Waals surface area (Å²) in [6.45, 7) is 6.35. The number of Topliss-reactive ketones (excluding diaryl/α,β-unsaturated/α-hetero) is 2. The summed E-state index contributed by atoms with van der Waals surface area (Å²) in [5.74, 6) is 1.33. The highest BCUT2D eigenvalue weighted by Gasteiger charge is 2.43. The van der Waals surface area contributed by atoms with Crippen molar-refractivity contribution in [2.24, 2.45) is 0 Å². The molecule has 0 unspecified atom stereocenters. The Morgan fingerprint density at radius 1 is 0.879 bits per heavy atom. The van der Waals surface area contributed by atoms with E-state index in [1.54, 1.807) is 7.11 Å². The zero-order valence-electron chi connectivity index (χ0n) is 20.1. The molecule has 0 bridgehead atoms. The molecule has 6 nitrogen and oxygen atoms in total. The Kier molecular flexibility index (Phi) is 7.53. The molecule has 0 amide bonds. The lowest BCUT2D eigenvalue weighted by Crippen LogP contribution is -2.40. The summed E-state index contributed by atoms with van der Waals surface area (Å²) in [5, 5.41) is 0. The van der Waals surface area contributed by atoms with Gasteiger partial charge in [-0.15, -0.1) is 0 Å². The number of ketones is 2. The van der Waals surface area contributed by atoms with E-state index in [0.717, 1.165) is 60.2 Å². The fourth-order valence-electron chi connectivity index (χ4n) is 5.31. The minimum atomic E-state index is -0.339. The van der Waals surface area contributed by atoms with Crippen LogP contribution in [0.5, 0.6) is 11.5 Å². The molecule has 6 heteroatoms. The van der Waals surface area contributed by atoms with E-state index in [1.165, 1.54) is 0 Å². The highest BCUT2D eigenvalue weighted by Crippen LogP contribution is 2.50. The average Bonchev–Trinajstić information content (AvgIpc) is 2.82. The number of rotatable bonds is 9. The molecule has 0 radical (unpaired) electrons. The van der Waals surface area contributed by atoms with Crippen molar-refractivity contribution < 1.29 is 23.8 Å². The maximum Gasteiger partial charge on any atom is 0.161 e. The van der Waals surface area contributed by atoms with Crippen LogP contribution in [0, 0.1) is 0 Å². The lowest BCUT2D eigenvalue weighted by atomic mass is 9.71. The third kappa shape index (κ3) is 4.58. The van der Waals surface area contributed by atoms with Crippen molar-refractivity contribution in [3.63, 3.8) is 0 Å². The summed E-state index contributed by atoms with van der Waals surface area (Å²) in [5.41, 5.74) is 4.66. The number of ether oxygens (including phenoxy) is 3. The quantitative estimate of drug-likeness (QED) is 0.528. The minimum absolute atomic E-state index is 0.151. The van der Waals surface area contributed by atoms with E-state index in [-0.39, 0.29) is 17.5 Å². The largest absolute Gasteiger partial charge is 0.490 e. The Hall–Kier alpha value is -2.60. The number of carbonyl (C=O) groups is 2. The van der Waals surface area contributed by atoms with Crippen molar-refractivity contribution in [1.29, 1.82) is 0 Å². The first-order chi connectivity index (χ1) is 16.1. The monoisotopic (exact) mass is 453 g/mol. The summed E-state index contributed by atoms with van der Waals surface area (Å²) >= 11 is 0. The molecule has 0 atom stereocenters. The van der Waals surface area contributed by atoms with Gasteiger partial charge in [-0.3, -0.25) is 9.59 Å². The van der Waals surface area contributed by atoms with Gasteiger partial charge in [0, 0.05) is 55.0 Å². The number of methoxy groups -OCH3 is 1. The molecule has 0 spiro atoms. The van der Waals surface area contributed by atoms with Crippen LogP contribution in [0.3, 0.4) is 0 Å². The number of hydrogen-bond acceptors (Lipinski definition) is 6. The normalized spacial score (nSPS) is 19.1.